The summed E-state index contributed by atoms with van der Waals surface area (Å²) in [4.78, 5) is 0. The van der Waals surface area contributed by atoms with E-state index >= 15 is 0 Å². The molecule has 0 atom stereocenters. The van der Waals surface area contributed by atoms with E-state index in [1.807, 2.05) is 31.5 Å². The molecule has 0 aliphatic heterocycles. The molecule has 0 saturated heterocycles. The summed E-state index contributed by atoms with van der Waals surface area (Å²) < 4.78 is 21.0. The Labute approximate surface area is 124 Å². The third kappa shape index (κ3) is 3.31. The predicted octanol–water partition coefficient (Wildman–Crippen LogP) is 2.67. The highest BCUT2D eigenvalue weighted by Gasteiger charge is 2.14. The number of nitrogens with one attached hydrogen (secondary N) is 1. The highest BCUT2D eigenvalue weighted by atomic mass is 19.1. The summed E-state index contributed by atoms with van der Waals surface area (Å²) in [6.45, 7) is 7.73. The number of aromatic nitrogens is 2. The van der Waals surface area contributed by atoms with E-state index in [9.17, 15) is 4.39 Å². The Hall–Kier alpha value is -1.72. The number of halogens is 1. The van der Waals surface area contributed by atoms with E-state index in [0.29, 0.717) is 25.3 Å². The molecule has 0 aliphatic rings. The number of methoxy groups -OCH3 is 1. The van der Waals surface area contributed by atoms with Gasteiger partial charge in [-0.15, -0.1) is 0 Å². The van der Waals surface area contributed by atoms with Gasteiger partial charge in [-0.3, -0.25) is 0 Å². The highest BCUT2D eigenvalue weighted by Crippen LogP contribution is 2.22. The number of hydrogen-bond acceptors (Lipinski definition) is 3. The summed E-state index contributed by atoms with van der Waals surface area (Å²) in [6.07, 6.45) is 0. The monoisotopic (exact) mass is 291 g/mol. The molecule has 0 saturated carbocycles. The first kappa shape index (κ1) is 15.7. The van der Waals surface area contributed by atoms with E-state index in [4.69, 9.17) is 4.74 Å². The van der Waals surface area contributed by atoms with Gasteiger partial charge >= 0.3 is 0 Å². The van der Waals surface area contributed by atoms with Gasteiger partial charge in [0.2, 0.25) is 0 Å². The SMILES string of the molecule is COCCNCc1c(F)cccc1-n1nc(C)c(C)c1C. The standard InChI is InChI=1S/C16H22FN3O/c1-11-12(2)19-20(13(11)3)16-7-5-6-15(17)14(16)10-18-8-9-21-4/h5-7,18H,8-10H2,1-4H3. The summed E-state index contributed by atoms with van der Waals surface area (Å²) in [5, 5.41) is 7.71. The molecule has 114 valence electrons. The van der Waals surface area contributed by atoms with Crippen LogP contribution in [0.4, 0.5) is 4.39 Å². The first-order valence-electron chi connectivity index (χ1n) is 7.06. The second kappa shape index (κ2) is 6.83. The van der Waals surface area contributed by atoms with Crippen molar-refractivity contribution < 1.29 is 9.13 Å². The normalized spacial score (nSPS) is 11.1. The van der Waals surface area contributed by atoms with Crippen LogP contribution >= 0.6 is 0 Å². The second-order valence-electron chi connectivity index (χ2n) is 5.11. The fraction of sp³-hybridized carbons (Fsp3) is 0.438. The minimum atomic E-state index is -0.220. The van der Waals surface area contributed by atoms with Crippen LogP contribution in [-0.2, 0) is 11.3 Å². The zero-order valence-corrected chi connectivity index (χ0v) is 13.0. The lowest BCUT2D eigenvalue weighted by molar-refractivity contribution is 0.199. The van der Waals surface area contributed by atoms with Crippen LogP contribution in [0.3, 0.4) is 0 Å². The zero-order valence-electron chi connectivity index (χ0n) is 13.0. The van der Waals surface area contributed by atoms with E-state index in [1.54, 1.807) is 13.2 Å². The minimum absolute atomic E-state index is 0.220. The molecular formula is C16H22FN3O. The van der Waals surface area contributed by atoms with E-state index in [2.05, 4.69) is 10.4 Å². The van der Waals surface area contributed by atoms with Crippen LogP contribution in [0.5, 0.6) is 0 Å². The van der Waals surface area contributed by atoms with Gasteiger partial charge in [0.15, 0.2) is 0 Å². The van der Waals surface area contributed by atoms with Gasteiger partial charge < -0.3 is 10.1 Å². The molecule has 1 aromatic heterocycles. The van der Waals surface area contributed by atoms with Gasteiger partial charge in [0.1, 0.15) is 5.82 Å². The summed E-state index contributed by atoms with van der Waals surface area (Å²) in [6, 6.07) is 5.10. The molecule has 5 heteroatoms. The molecule has 1 heterocycles. The van der Waals surface area contributed by atoms with Crippen LogP contribution in [0.15, 0.2) is 18.2 Å². The summed E-state index contributed by atoms with van der Waals surface area (Å²) in [5.74, 6) is -0.220. The van der Waals surface area contributed by atoms with Crippen LogP contribution in [0.25, 0.3) is 5.69 Å². The summed E-state index contributed by atoms with van der Waals surface area (Å²) >= 11 is 0. The molecule has 2 aromatic rings. The molecule has 1 aromatic carbocycles. The summed E-state index contributed by atoms with van der Waals surface area (Å²) in [7, 11) is 1.65. The van der Waals surface area contributed by atoms with Crippen molar-refractivity contribution in [2.75, 3.05) is 20.3 Å². The van der Waals surface area contributed by atoms with Crippen LogP contribution in [0, 0.1) is 26.6 Å². The molecule has 0 radical (unpaired) electrons. The molecule has 0 bridgehead atoms. The van der Waals surface area contributed by atoms with Crippen molar-refractivity contribution in [2.24, 2.45) is 0 Å². The van der Waals surface area contributed by atoms with Crippen LogP contribution in [-0.4, -0.2) is 30.0 Å². The second-order valence-corrected chi connectivity index (χ2v) is 5.11. The Morgan fingerprint density at radius 3 is 2.67 bits per heavy atom. The van der Waals surface area contributed by atoms with E-state index in [1.165, 1.54) is 6.07 Å². The van der Waals surface area contributed by atoms with Gasteiger partial charge in [-0.05, 0) is 38.5 Å². The van der Waals surface area contributed by atoms with Gasteiger partial charge in [0.05, 0.1) is 18.0 Å². The van der Waals surface area contributed by atoms with Crippen LogP contribution in [0.1, 0.15) is 22.5 Å². The molecular weight excluding hydrogens is 269 g/mol. The van der Waals surface area contributed by atoms with Crippen molar-refractivity contribution in [3.63, 3.8) is 0 Å². The van der Waals surface area contributed by atoms with E-state index in [0.717, 1.165) is 22.6 Å². The lowest BCUT2D eigenvalue weighted by atomic mass is 10.1. The van der Waals surface area contributed by atoms with Gasteiger partial charge in [-0.25, -0.2) is 9.07 Å². The Bertz CT molecular complexity index is 622. The third-order valence-corrected chi connectivity index (χ3v) is 3.76. The summed E-state index contributed by atoms with van der Waals surface area (Å²) in [5.41, 5.74) is 4.55. The van der Waals surface area contributed by atoms with Crippen LogP contribution in [0.2, 0.25) is 0 Å². The number of aryl methyl sites for hydroxylation is 1. The lowest BCUT2D eigenvalue weighted by Crippen LogP contribution is -2.20. The van der Waals surface area contributed by atoms with Gasteiger partial charge in [0, 0.05) is 31.5 Å². The lowest BCUT2D eigenvalue weighted by Gasteiger charge is -2.13. The molecule has 2 rings (SSSR count). The quantitative estimate of drug-likeness (QED) is 0.832. The Morgan fingerprint density at radius 2 is 2.05 bits per heavy atom. The Kier molecular flexibility index (Phi) is 5.09. The van der Waals surface area contributed by atoms with E-state index in [-0.39, 0.29) is 5.82 Å². The third-order valence-electron chi connectivity index (χ3n) is 3.76. The minimum Gasteiger partial charge on any atom is -0.383 e. The van der Waals surface area contributed by atoms with Crippen molar-refractivity contribution in [1.29, 1.82) is 0 Å². The maximum absolute atomic E-state index is 14.2. The van der Waals surface area contributed by atoms with Crippen molar-refractivity contribution in [1.82, 2.24) is 15.1 Å². The molecule has 0 fully saturated rings. The fourth-order valence-electron chi connectivity index (χ4n) is 2.26. The molecule has 0 spiro atoms. The van der Waals surface area contributed by atoms with Gasteiger partial charge in [0.25, 0.3) is 0 Å². The zero-order chi connectivity index (χ0) is 15.4. The average molecular weight is 291 g/mol. The number of benzene rings is 1. The van der Waals surface area contributed by atoms with E-state index < -0.39 is 0 Å². The molecule has 1 N–H and O–H groups in total. The maximum atomic E-state index is 14.2. The predicted molar refractivity (Wildman–Crippen MR) is 81.3 cm³/mol. The topological polar surface area (TPSA) is 39.1 Å². The molecule has 4 nitrogen and oxygen atoms in total. The molecule has 21 heavy (non-hydrogen) atoms. The smallest absolute Gasteiger partial charge is 0.129 e. The largest absolute Gasteiger partial charge is 0.383 e. The van der Waals surface area contributed by atoms with Crippen molar-refractivity contribution >= 4 is 0 Å². The average Bonchev–Trinajstić information content (AvgIpc) is 2.72. The van der Waals surface area contributed by atoms with Crippen molar-refractivity contribution in [3.8, 4) is 5.69 Å². The first-order chi connectivity index (χ1) is 10.1. The molecule has 0 aliphatic carbocycles. The fourth-order valence-corrected chi connectivity index (χ4v) is 2.26. The number of hydrogen-bond donors (Lipinski definition) is 1. The number of ether oxygens (including phenoxy) is 1. The Morgan fingerprint density at radius 1 is 1.29 bits per heavy atom. The highest BCUT2D eigenvalue weighted by molar-refractivity contribution is 5.44. The van der Waals surface area contributed by atoms with Gasteiger partial charge in [-0.2, -0.15) is 5.10 Å². The van der Waals surface area contributed by atoms with Crippen molar-refractivity contribution in [3.05, 3.63) is 46.5 Å². The Balaban J connectivity index is 2.34. The van der Waals surface area contributed by atoms with Crippen molar-refractivity contribution in [2.45, 2.75) is 27.3 Å². The first-order valence-corrected chi connectivity index (χ1v) is 7.06. The number of rotatable bonds is 6. The number of nitrogens with zero attached hydrogens (tertiary/aromatic N) is 2. The van der Waals surface area contributed by atoms with Crippen LogP contribution < -0.4 is 5.32 Å². The maximum Gasteiger partial charge on any atom is 0.129 e. The molecule has 0 unspecified atom stereocenters. The molecule has 0 amide bonds. The van der Waals surface area contributed by atoms with Gasteiger partial charge in [-0.1, -0.05) is 6.07 Å².